The van der Waals surface area contributed by atoms with Gasteiger partial charge < -0.3 is 24.4 Å². The Balaban J connectivity index is 1.82. The van der Waals surface area contributed by atoms with E-state index in [0.29, 0.717) is 19.5 Å². The second-order valence-corrected chi connectivity index (χ2v) is 9.41. The molecule has 0 bridgehead atoms. The first-order chi connectivity index (χ1) is 15.3. The molecule has 4 heterocycles. The summed E-state index contributed by atoms with van der Waals surface area (Å²) in [6.07, 6.45) is 10.6. The van der Waals surface area contributed by atoms with Crippen LogP contribution in [0.2, 0.25) is 0 Å². The molecule has 4 rings (SSSR count). The molecule has 0 saturated carbocycles. The SMILES string of the molecule is CCCCCN1CC=C[C@]23O[C@]4(C)C=CCOC(=O)[C@@H]4[C@H]2C(=O)N([C@@H](CC)CO)C3C1=O. The Kier molecular flexibility index (Phi) is 6.20. The van der Waals surface area contributed by atoms with Crippen molar-refractivity contribution in [3.05, 3.63) is 24.3 Å². The van der Waals surface area contributed by atoms with Crippen molar-refractivity contribution in [3.8, 4) is 0 Å². The van der Waals surface area contributed by atoms with Gasteiger partial charge in [0.1, 0.15) is 24.2 Å². The first kappa shape index (κ1) is 23.0. The summed E-state index contributed by atoms with van der Waals surface area (Å²) in [4.78, 5) is 44.1. The van der Waals surface area contributed by atoms with E-state index < -0.39 is 41.1 Å². The van der Waals surface area contributed by atoms with Crippen LogP contribution in [0.3, 0.4) is 0 Å². The number of carbonyl (C=O) groups is 3. The van der Waals surface area contributed by atoms with Crippen molar-refractivity contribution < 1.29 is 29.0 Å². The van der Waals surface area contributed by atoms with E-state index in [1.807, 2.05) is 19.1 Å². The molecule has 2 fully saturated rings. The second-order valence-electron chi connectivity index (χ2n) is 9.41. The van der Waals surface area contributed by atoms with Gasteiger partial charge in [0.15, 0.2) is 0 Å². The second kappa shape index (κ2) is 8.63. The maximum Gasteiger partial charge on any atom is 0.313 e. The summed E-state index contributed by atoms with van der Waals surface area (Å²) in [5.41, 5.74) is -2.34. The largest absolute Gasteiger partial charge is 0.461 e. The molecule has 6 atom stereocenters. The van der Waals surface area contributed by atoms with E-state index in [2.05, 4.69) is 6.92 Å². The summed E-state index contributed by atoms with van der Waals surface area (Å²) in [6, 6.07) is -1.46. The number of amides is 2. The summed E-state index contributed by atoms with van der Waals surface area (Å²) in [5, 5.41) is 10.1. The number of rotatable bonds is 7. The highest BCUT2D eigenvalue weighted by Crippen LogP contribution is 2.57. The van der Waals surface area contributed by atoms with Crippen molar-refractivity contribution in [3.63, 3.8) is 0 Å². The third-order valence-electron chi connectivity index (χ3n) is 7.44. The Morgan fingerprint density at radius 3 is 2.59 bits per heavy atom. The zero-order chi connectivity index (χ0) is 23.1. The van der Waals surface area contributed by atoms with Gasteiger partial charge in [-0.15, -0.1) is 0 Å². The molecule has 0 aliphatic carbocycles. The van der Waals surface area contributed by atoms with Crippen LogP contribution in [-0.2, 0) is 23.9 Å². The van der Waals surface area contributed by atoms with Crippen LogP contribution in [-0.4, -0.2) is 82.3 Å². The van der Waals surface area contributed by atoms with Gasteiger partial charge in [-0.2, -0.15) is 0 Å². The van der Waals surface area contributed by atoms with Crippen molar-refractivity contribution >= 4 is 17.8 Å². The molecule has 2 amide bonds. The number of carbonyl (C=O) groups excluding carboxylic acids is 3. The molecule has 1 N–H and O–H groups in total. The third-order valence-corrected chi connectivity index (χ3v) is 7.44. The highest BCUT2D eigenvalue weighted by atomic mass is 16.6. The van der Waals surface area contributed by atoms with Crippen LogP contribution in [0.25, 0.3) is 0 Å². The Morgan fingerprint density at radius 2 is 1.91 bits per heavy atom. The first-order valence-electron chi connectivity index (χ1n) is 11.8. The first-order valence-corrected chi connectivity index (χ1v) is 11.8. The molecule has 8 heteroatoms. The Hall–Kier alpha value is -2.19. The Labute approximate surface area is 189 Å². The normalized spacial score (nSPS) is 37.0. The zero-order valence-electron chi connectivity index (χ0n) is 19.2. The monoisotopic (exact) mass is 446 g/mol. The molecule has 2 saturated heterocycles. The smallest absolute Gasteiger partial charge is 0.313 e. The van der Waals surface area contributed by atoms with Gasteiger partial charge >= 0.3 is 5.97 Å². The highest BCUT2D eigenvalue weighted by molar-refractivity contribution is 5.99. The number of hydrogen-bond acceptors (Lipinski definition) is 6. The molecular weight excluding hydrogens is 412 g/mol. The lowest BCUT2D eigenvalue weighted by molar-refractivity contribution is -0.159. The Morgan fingerprint density at radius 1 is 1.12 bits per heavy atom. The molecule has 176 valence electrons. The Bertz CT molecular complexity index is 836. The van der Waals surface area contributed by atoms with E-state index in [0.717, 1.165) is 19.3 Å². The average molecular weight is 447 g/mol. The maximum absolute atomic E-state index is 13.9. The fourth-order valence-corrected chi connectivity index (χ4v) is 5.90. The molecule has 32 heavy (non-hydrogen) atoms. The molecule has 8 nitrogen and oxygen atoms in total. The van der Waals surface area contributed by atoms with Crippen LogP contribution in [0.4, 0.5) is 0 Å². The number of likely N-dealkylation sites (tertiary alicyclic amines) is 1. The van der Waals surface area contributed by atoms with E-state index in [1.165, 1.54) is 4.90 Å². The zero-order valence-corrected chi connectivity index (χ0v) is 19.2. The van der Waals surface area contributed by atoms with E-state index in [9.17, 15) is 19.5 Å². The maximum atomic E-state index is 13.9. The van der Waals surface area contributed by atoms with Gasteiger partial charge in [-0.3, -0.25) is 14.4 Å². The summed E-state index contributed by atoms with van der Waals surface area (Å²) in [5.74, 6) is -2.75. The number of aliphatic hydroxyl groups is 1. The summed E-state index contributed by atoms with van der Waals surface area (Å²) in [6.45, 7) is 6.65. The number of esters is 1. The van der Waals surface area contributed by atoms with Crippen molar-refractivity contribution in [2.45, 2.75) is 69.7 Å². The van der Waals surface area contributed by atoms with Crippen molar-refractivity contribution in [1.29, 1.82) is 0 Å². The van der Waals surface area contributed by atoms with Crippen LogP contribution >= 0.6 is 0 Å². The van der Waals surface area contributed by atoms with Crippen molar-refractivity contribution in [2.75, 3.05) is 26.3 Å². The molecule has 4 aliphatic heterocycles. The highest BCUT2D eigenvalue weighted by Gasteiger charge is 2.75. The molecule has 0 aromatic carbocycles. The van der Waals surface area contributed by atoms with Gasteiger partial charge in [0.05, 0.1) is 24.2 Å². The molecule has 0 radical (unpaired) electrons. The van der Waals surface area contributed by atoms with Crippen LogP contribution < -0.4 is 0 Å². The molecule has 1 spiro atoms. The lowest BCUT2D eigenvalue weighted by Gasteiger charge is -2.39. The van der Waals surface area contributed by atoms with Gasteiger partial charge in [-0.1, -0.05) is 44.9 Å². The number of unbranched alkanes of at least 4 members (excludes halogenated alkanes) is 2. The standard InChI is InChI=1S/C24H34N2O6/c1-4-6-7-12-25-13-8-11-24-17(18-22(30)31-14-9-10-23(18,3)32-24)20(28)26(16(5-2)15-27)19(24)21(25)29/h8-11,16-19,27H,4-7,12-15H2,1-3H3/t16-,17-,18-,19?,23+,24-/m0/s1. The number of fused-ring (bicyclic) bond motifs is 2. The minimum atomic E-state index is -1.28. The number of cyclic esters (lactones) is 1. The van der Waals surface area contributed by atoms with E-state index in [4.69, 9.17) is 9.47 Å². The van der Waals surface area contributed by atoms with Gasteiger partial charge in [-0.05, 0) is 25.8 Å². The van der Waals surface area contributed by atoms with E-state index in [-0.39, 0.29) is 25.0 Å². The summed E-state index contributed by atoms with van der Waals surface area (Å²) < 4.78 is 12.0. The van der Waals surface area contributed by atoms with Crippen molar-refractivity contribution in [1.82, 2.24) is 9.80 Å². The van der Waals surface area contributed by atoms with Crippen LogP contribution in [0, 0.1) is 11.8 Å². The molecule has 4 aliphatic rings. The fourth-order valence-electron chi connectivity index (χ4n) is 5.90. The van der Waals surface area contributed by atoms with Gasteiger partial charge in [-0.25, -0.2) is 0 Å². The predicted octanol–water partition coefficient (Wildman–Crippen LogP) is 1.43. The third kappa shape index (κ3) is 3.30. The number of ether oxygens (including phenoxy) is 2. The lowest BCUT2D eigenvalue weighted by Crippen LogP contribution is -2.58. The van der Waals surface area contributed by atoms with Crippen LogP contribution in [0.1, 0.15) is 46.5 Å². The van der Waals surface area contributed by atoms with Crippen molar-refractivity contribution in [2.24, 2.45) is 11.8 Å². The topological polar surface area (TPSA) is 96.4 Å². The van der Waals surface area contributed by atoms with Gasteiger partial charge in [0.25, 0.3) is 0 Å². The van der Waals surface area contributed by atoms with E-state index >= 15 is 0 Å². The van der Waals surface area contributed by atoms with Gasteiger partial charge in [0, 0.05) is 13.1 Å². The average Bonchev–Trinajstić information content (AvgIpc) is 3.03. The molecule has 0 aromatic heterocycles. The quantitative estimate of drug-likeness (QED) is 0.361. The number of nitrogens with zero attached hydrogens (tertiary/aromatic N) is 2. The minimum Gasteiger partial charge on any atom is -0.461 e. The number of aliphatic hydroxyl groups excluding tert-OH is 1. The minimum absolute atomic E-state index is 0.129. The van der Waals surface area contributed by atoms with Crippen LogP contribution in [0.5, 0.6) is 0 Å². The fraction of sp³-hybridized carbons (Fsp3) is 0.708. The summed E-state index contributed by atoms with van der Waals surface area (Å²) in [7, 11) is 0. The molecule has 1 unspecified atom stereocenters. The molecular formula is C24H34N2O6. The summed E-state index contributed by atoms with van der Waals surface area (Å²) >= 11 is 0. The predicted molar refractivity (Wildman–Crippen MR) is 116 cm³/mol. The van der Waals surface area contributed by atoms with Crippen LogP contribution in [0.15, 0.2) is 24.3 Å². The van der Waals surface area contributed by atoms with Gasteiger partial charge in [0.2, 0.25) is 11.8 Å². The number of hydrogen-bond donors (Lipinski definition) is 1. The lowest BCUT2D eigenvalue weighted by atomic mass is 9.75. The van der Waals surface area contributed by atoms with E-state index in [1.54, 1.807) is 24.0 Å². The molecule has 0 aromatic rings.